The van der Waals surface area contributed by atoms with Crippen LogP contribution in [0.2, 0.25) is 0 Å². The lowest BCUT2D eigenvalue weighted by Crippen LogP contribution is -2.58. The molecule has 0 aromatic heterocycles. The summed E-state index contributed by atoms with van der Waals surface area (Å²) in [6, 6.07) is 0. The molecule has 0 aromatic rings. The second kappa shape index (κ2) is 2.98. The molecule has 3 heteroatoms. The average Bonchev–Trinajstić information content (AvgIpc) is 2.28. The molecule has 0 saturated heterocycles. The summed E-state index contributed by atoms with van der Waals surface area (Å²) >= 11 is 0. The minimum absolute atomic E-state index is 0.0532. The summed E-state index contributed by atoms with van der Waals surface area (Å²) in [4.78, 5) is 10.7. The van der Waals surface area contributed by atoms with Gasteiger partial charge in [0.2, 0.25) is 0 Å². The Kier molecular flexibility index (Phi) is 2.06. The van der Waals surface area contributed by atoms with Gasteiger partial charge in [0.15, 0.2) is 0 Å². The molecule has 74 valence electrons. The quantitative estimate of drug-likeness (QED) is 0.671. The van der Waals surface area contributed by atoms with Crippen LogP contribution in [-0.2, 0) is 4.79 Å². The second-order valence-corrected chi connectivity index (χ2v) is 4.83. The number of hydrogen-bond acceptors (Lipinski definition) is 1. The third-order valence-corrected chi connectivity index (χ3v) is 4.02. The van der Waals surface area contributed by atoms with Gasteiger partial charge >= 0.3 is 5.97 Å². The molecule has 0 amide bonds. The van der Waals surface area contributed by atoms with E-state index >= 15 is 0 Å². The fourth-order valence-corrected chi connectivity index (χ4v) is 3.13. The van der Waals surface area contributed by atoms with Crippen LogP contribution < -0.4 is 5.73 Å². The zero-order chi connectivity index (χ0) is 9.47. The third kappa shape index (κ3) is 1.46. The van der Waals surface area contributed by atoms with Gasteiger partial charge in [0.05, 0.1) is 13.0 Å². The SMILES string of the molecule is [NH3+]CC1(CC(=O)O)C[C@@H]2CC[C@H]2C1. The zero-order valence-electron chi connectivity index (χ0n) is 7.96. The summed E-state index contributed by atoms with van der Waals surface area (Å²) in [6.45, 7) is 0.798. The van der Waals surface area contributed by atoms with Gasteiger partial charge in [0, 0.05) is 5.41 Å². The minimum Gasteiger partial charge on any atom is -0.481 e. The van der Waals surface area contributed by atoms with E-state index in [1.165, 1.54) is 12.8 Å². The van der Waals surface area contributed by atoms with Gasteiger partial charge in [-0.05, 0) is 37.5 Å². The van der Waals surface area contributed by atoms with Crippen molar-refractivity contribution in [3.05, 3.63) is 0 Å². The van der Waals surface area contributed by atoms with E-state index in [4.69, 9.17) is 5.11 Å². The van der Waals surface area contributed by atoms with Gasteiger partial charge in [-0.3, -0.25) is 4.79 Å². The Morgan fingerprint density at radius 2 is 1.92 bits per heavy atom. The Morgan fingerprint density at radius 1 is 1.38 bits per heavy atom. The average molecular weight is 184 g/mol. The second-order valence-electron chi connectivity index (χ2n) is 4.83. The van der Waals surface area contributed by atoms with E-state index in [0.29, 0.717) is 6.42 Å². The summed E-state index contributed by atoms with van der Waals surface area (Å²) in [5, 5.41) is 8.84. The van der Waals surface area contributed by atoms with Gasteiger partial charge < -0.3 is 10.8 Å². The van der Waals surface area contributed by atoms with Crippen LogP contribution in [0, 0.1) is 17.3 Å². The lowest BCUT2D eigenvalue weighted by molar-refractivity contribution is -0.392. The van der Waals surface area contributed by atoms with Crippen LogP contribution in [0.3, 0.4) is 0 Å². The summed E-state index contributed by atoms with van der Waals surface area (Å²) in [6.07, 6.45) is 5.22. The maximum absolute atomic E-state index is 10.7. The van der Waals surface area contributed by atoms with Crippen molar-refractivity contribution in [3.8, 4) is 0 Å². The molecular formula is C10H18NO2+. The Morgan fingerprint density at radius 3 is 2.23 bits per heavy atom. The summed E-state index contributed by atoms with van der Waals surface area (Å²) in [5.41, 5.74) is 3.98. The molecule has 0 aromatic carbocycles. The Labute approximate surface area is 78.3 Å². The van der Waals surface area contributed by atoms with E-state index in [0.717, 1.165) is 31.2 Å². The monoisotopic (exact) mass is 184 g/mol. The number of carbonyl (C=O) groups is 1. The zero-order valence-corrected chi connectivity index (χ0v) is 7.96. The number of carboxylic acid groups (broad SMARTS) is 1. The molecule has 4 N–H and O–H groups in total. The largest absolute Gasteiger partial charge is 0.481 e. The first-order valence-corrected chi connectivity index (χ1v) is 5.16. The predicted molar refractivity (Wildman–Crippen MR) is 47.9 cm³/mol. The Bertz CT molecular complexity index is 215. The molecule has 2 atom stereocenters. The third-order valence-electron chi connectivity index (χ3n) is 4.02. The first-order valence-electron chi connectivity index (χ1n) is 5.16. The van der Waals surface area contributed by atoms with Gasteiger partial charge in [-0.25, -0.2) is 0 Å². The summed E-state index contributed by atoms with van der Waals surface area (Å²) in [5.74, 6) is 1.02. The number of fused-ring (bicyclic) bond motifs is 1. The lowest BCUT2D eigenvalue weighted by Gasteiger charge is -2.29. The Hall–Kier alpha value is -0.570. The first-order chi connectivity index (χ1) is 6.15. The smallest absolute Gasteiger partial charge is 0.304 e. The van der Waals surface area contributed by atoms with Crippen LogP contribution in [0.1, 0.15) is 32.1 Å². The fraction of sp³-hybridized carbons (Fsp3) is 0.900. The van der Waals surface area contributed by atoms with Crippen molar-refractivity contribution in [1.82, 2.24) is 0 Å². The summed E-state index contributed by atoms with van der Waals surface area (Å²) < 4.78 is 0. The number of quaternary nitrogens is 1. The van der Waals surface area contributed by atoms with E-state index < -0.39 is 5.97 Å². The van der Waals surface area contributed by atoms with Crippen molar-refractivity contribution in [3.63, 3.8) is 0 Å². The number of carboxylic acids is 1. The first kappa shape index (κ1) is 9.00. The number of aliphatic carboxylic acids is 1. The minimum atomic E-state index is -0.648. The molecule has 0 heterocycles. The topological polar surface area (TPSA) is 64.9 Å². The van der Waals surface area contributed by atoms with E-state index in [1.54, 1.807) is 0 Å². The van der Waals surface area contributed by atoms with Crippen molar-refractivity contribution in [2.45, 2.75) is 32.1 Å². The molecule has 2 rings (SSSR count). The van der Waals surface area contributed by atoms with Crippen LogP contribution in [-0.4, -0.2) is 17.6 Å². The molecule has 0 spiro atoms. The van der Waals surface area contributed by atoms with Crippen LogP contribution in [0.25, 0.3) is 0 Å². The van der Waals surface area contributed by atoms with Crippen LogP contribution >= 0.6 is 0 Å². The molecule has 2 fully saturated rings. The molecule has 2 aliphatic carbocycles. The Balaban J connectivity index is 2.03. The van der Waals surface area contributed by atoms with Gasteiger partial charge in [-0.15, -0.1) is 0 Å². The van der Waals surface area contributed by atoms with Gasteiger partial charge in [-0.1, -0.05) is 0 Å². The lowest BCUT2D eigenvalue weighted by atomic mass is 9.77. The maximum atomic E-state index is 10.7. The number of hydrogen-bond donors (Lipinski definition) is 2. The van der Waals surface area contributed by atoms with Crippen molar-refractivity contribution in [2.75, 3.05) is 6.54 Å². The van der Waals surface area contributed by atoms with E-state index in [9.17, 15) is 4.79 Å². The normalized spacial score (nSPS) is 35.2. The van der Waals surface area contributed by atoms with Gasteiger partial charge in [0.25, 0.3) is 0 Å². The standard InChI is InChI=1S/C10H17NO2/c11-6-10(5-9(12)13)3-7-1-2-8(7)4-10/h7-8H,1-6,11H2,(H,12,13)/p+1/t7-,8-/m0/s1. The molecule has 0 aliphatic heterocycles. The maximum Gasteiger partial charge on any atom is 0.304 e. The molecular weight excluding hydrogens is 166 g/mol. The molecule has 0 radical (unpaired) electrons. The number of rotatable bonds is 3. The molecule has 0 unspecified atom stereocenters. The van der Waals surface area contributed by atoms with E-state index in [-0.39, 0.29) is 5.41 Å². The van der Waals surface area contributed by atoms with Crippen molar-refractivity contribution >= 4 is 5.97 Å². The summed E-state index contributed by atoms with van der Waals surface area (Å²) in [7, 11) is 0. The highest BCUT2D eigenvalue weighted by molar-refractivity contribution is 5.67. The highest BCUT2D eigenvalue weighted by atomic mass is 16.4. The predicted octanol–water partition coefficient (Wildman–Crippen LogP) is 0.509. The molecule has 2 aliphatic rings. The van der Waals surface area contributed by atoms with Crippen LogP contribution in [0.5, 0.6) is 0 Å². The van der Waals surface area contributed by atoms with E-state index in [1.807, 2.05) is 0 Å². The van der Waals surface area contributed by atoms with Crippen molar-refractivity contribution in [2.24, 2.45) is 17.3 Å². The van der Waals surface area contributed by atoms with Crippen molar-refractivity contribution in [1.29, 1.82) is 0 Å². The highest BCUT2D eigenvalue weighted by Crippen LogP contribution is 2.56. The van der Waals surface area contributed by atoms with Crippen LogP contribution in [0.4, 0.5) is 0 Å². The van der Waals surface area contributed by atoms with Crippen LogP contribution in [0.15, 0.2) is 0 Å². The molecule has 3 nitrogen and oxygen atoms in total. The highest BCUT2D eigenvalue weighted by Gasteiger charge is 2.50. The molecule has 13 heavy (non-hydrogen) atoms. The molecule has 2 saturated carbocycles. The molecule has 0 bridgehead atoms. The van der Waals surface area contributed by atoms with Gasteiger partial charge in [-0.2, -0.15) is 0 Å². The fourth-order valence-electron chi connectivity index (χ4n) is 3.13. The van der Waals surface area contributed by atoms with E-state index in [2.05, 4.69) is 5.73 Å². The van der Waals surface area contributed by atoms with Crippen molar-refractivity contribution < 1.29 is 15.6 Å². The van der Waals surface area contributed by atoms with Gasteiger partial charge in [0.1, 0.15) is 0 Å².